The quantitative estimate of drug-likeness (QED) is 0.848. The minimum atomic E-state index is -0.216. The van der Waals surface area contributed by atoms with Crippen molar-refractivity contribution in [1.29, 1.82) is 0 Å². The third-order valence-corrected chi connectivity index (χ3v) is 5.43. The standard InChI is InChI=1S/C17H18Cl2N2O/c1-10-4-2-5-12(15(10)19)11-7-8-14(11)21-17(22)16-13(18)6-3-9-20-16/h2-6,9-11,14-15H,7-8H2,1H3,(H,21,22). The van der Waals surface area contributed by atoms with Gasteiger partial charge in [0.2, 0.25) is 0 Å². The molecule has 1 aromatic rings. The molecule has 0 radical (unpaired) electrons. The third-order valence-electron chi connectivity index (χ3n) is 4.48. The van der Waals surface area contributed by atoms with Crippen LogP contribution in [0, 0.1) is 11.8 Å². The van der Waals surface area contributed by atoms with Crippen molar-refractivity contribution < 1.29 is 4.79 Å². The molecule has 0 saturated heterocycles. The van der Waals surface area contributed by atoms with Gasteiger partial charge in [0, 0.05) is 18.2 Å². The highest BCUT2D eigenvalue weighted by Gasteiger charge is 2.38. The first-order valence-corrected chi connectivity index (χ1v) is 8.33. The van der Waals surface area contributed by atoms with E-state index in [0.29, 0.717) is 16.9 Å². The number of nitrogens with zero attached hydrogens (tertiary/aromatic N) is 1. The number of nitrogens with one attached hydrogen (secondary N) is 1. The Kier molecular flexibility index (Phi) is 4.55. The molecule has 0 bridgehead atoms. The van der Waals surface area contributed by atoms with Crippen LogP contribution in [-0.2, 0) is 0 Å². The summed E-state index contributed by atoms with van der Waals surface area (Å²) in [6.07, 6.45) is 9.85. The van der Waals surface area contributed by atoms with Crippen LogP contribution in [0.4, 0.5) is 0 Å². The molecule has 1 aromatic heterocycles. The number of amides is 1. The van der Waals surface area contributed by atoms with Crippen LogP contribution in [-0.4, -0.2) is 22.3 Å². The molecule has 1 heterocycles. The van der Waals surface area contributed by atoms with Crippen LogP contribution >= 0.6 is 23.2 Å². The Balaban J connectivity index is 1.69. The summed E-state index contributed by atoms with van der Waals surface area (Å²) in [6, 6.07) is 3.49. The van der Waals surface area contributed by atoms with Gasteiger partial charge in [-0.1, -0.05) is 36.8 Å². The van der Waals surface area contributed by atoms with E-state index in [1.165, 1.54) is 5.57 Å². The largest absolute Gasteiger partial charge is 0.347 e. The van der Waals surface area contributed by atoms with Gasteiger partial charge in [0.05, 0.1) is 10.4 Å². The predicted molar refractivity (Wildman–Crippen MR) is 89.3 cm³/mol. The molecule has 2 aliphatic rings. The third kappa shape index (κ3) is 2.92. The Labute approximate surface area is 140 Å². The van der Waals surface area contributed by atoms with Gasteiger partial charge in [-0.3, -0.25) is 4.79 Å². The number of carbonyl (C=O) groups excluding carboxylic acids is 1. The van der Waals surface area contributed by atoms with Gasteiger partial charge in [0.1, 0.15) is 5.69 Å². The zero-order valence-electron chi connectivity index (χ0n) is 12.3. The molecule has 116 valence electrons. The fourth-order valence-corrected chi connectivity index (χ4v) is 3.55. The maximum Gasteiger partial charge on any atom is 0.271 e. The number of alkyl halides is 1. The number of pyridine rings is 1. The second kappa shape index (κ2) is 6.43. The van der Waals surface area contributed by atoms with Crippen LogP contribution in [0.1, 0.15) is 30.3 Å². The number of hydrogen-bond acceptors (Lipinski definition) is 2. The van der Waals surface area contributed by atoms with Gasteiger partial charge in [-0.15, -0.1) is 11.6 Å². The Hall–Kier alpha value is -1.32. The Morgan fingerprint density at radius 2 is 2.23 bits per heavy atom. The smallest absolute Gasteiger partial charge is 0.271 e. The Morgan fingerprint density at radius 1 is 1.41 bits per heavy atom. The minimum Gasteiger partial charge on any atom is -0.347 e. The monoisotopic (exact) mass is 336 g/mol. The molecule has 22 heavy (non-hydrogen) atoms. The van der Waals surface area contributed by atoms with Gasteiger partial charge in [0.25, 0.3) is 5.91 Å². The van der Waals surface area contributed by atoms with Crippen LogP contribution in [0.25, 0.3) is 0 Å². The fourth-order valence-electron chi connectivity index (χ4n) is 3.02. The highest BCUT2D eigenvalue weighted by Crippen LogP contribution is 2.40. The summed E-state index contributed by atoms with van der Waals surface area (Å²) < 4.78 is 0. The van der Waals surface area contributed by atoms with Crippen LogP contribution < -0.4 is 5.32 Å². The Bertz CT molecular complexity index is 641. The molecule has 0 aliphatic heterocycles. The van der Waals surface area contributed by atoms with Crippen molar-refractivity contribution in [2.75, 3.05) is 0 Å². The lowest BCUT2D eigenvalue weighted by molar-refractivity contribution is 0.0885. The van der Waals surface area contributed by atoms with Crippen LogP contribution in [0.15, 0.2) is 42.1 Å². The molecule has 0 aromatic carbocycles. The highest BCUT2D eigenvalue weighted by molar-refractivity contribution is 6.33. The fraction of sp³-hybridized carbons (Fsp3) is 0.412. The number of aromatic nitrogens is 1. The number of allylic oxidation sites excluding steroid dienone is 3. The molecular formula is C17H18Cl2N2O. The van der Waals surface area contributed by atoms with E-state index in [0.717, 1.165) is 12.8 Å². The van der Waals surface area contributed by atoms with Crippen molar-refractivity contribution in [3.05, 3.63) is 52.8 Å². The van der Waals surface area contributed by atoms with E-state index in [4.69, 9.17) is 23.2 Å². The van der Waals surface area contributed by atoms with Gasteiger partial charge in [0.15, 0.2) is 0 Å². The second-order valence-corrected chi connectivity index (χ2v) is 6.79. The van der Waals surface area contributed by atoms with Crippen molar-refractivity contribution in [2.45, 2.75) is 31.2 Å². The van der Waals surface area contributed by atoms with E-state index in [1.54, 1.807) is 18.3 Å². The van der Waals surface area contributed by atoms with Gasteiger partial charge >= 0.3 is 0 Å². The SMILES string of the molecule is CC1C=CC=C(C2CCC2NC(=O)c2ncccc2Cl)C1Cl. The molecular weight excluding hydrogens is 319 g/mol. The molecule has 4 unspecified atom stereocenters. The molecule has 3 rings (SSSR count). The molecule has 0 spiro atoms. The van der Waals surface area contributed by atoms with Crippen molar-refractivity contribution >= 4 is 29.1 Å². The average Bonchev–Trinajstić information content (AvgIpc) is 2.48. The van der Waals surface area contributed by atoms with Crippen molar-refractivity contribution in [3.63, 3.8) is 0 Å². The zero-order chi connectivity index (χ0) is 15.7. The van der Waals surface area contributed by atoms with Gasteiger partial charge < -0.3 is 5.32 Å². The molecule has 5 heteroatoms. The van der Waals surface area contributed by atoms with Crippen LogP contribution in [0.5, 0.6) is 0 Å². The summed E-state index contributed by atoms with van der Waals surface area (Å²) in [5.74, 6) is 0.414. The van der Waals surface area contributed by atoms with Gasteiger partial charge in [-0.05, 0) is 36.5 Å². The number of rotatable bonds is 3. The number of carbonyl (C=O) groups is 1. The molecule has 4 atom stereocenters. The van der Waals surface area contributed by atoms with Crippen LogP contribution in [0.3, 0.4) is 0 Å². The first-order valence-electron chi connectivity index (χ1n) is 7.51. The maximum absolute atomic E-state index is 12.3. The van der Waals surface area contributed by atoms with E-state index in [9.17, 15) is 4.79 Å². The number of halogens is 2. The predicted octanol–water partition coefficient (Wildman–Crippen LogP) is 3.98. The lowest BCUT2D eigenvalue weighted by Crippen LogP contribution is -2.49. The van der Waals surface area contributed by atoms with Gasteiger partial charge in [-0.25, -0.2) is 4.98 Å². The van der Waals surface area contributed by atoms with E-state index < -0.39 is 0 Å². The molecule has 1 saturated carbocycles. The average molecular weight is 337 g/mol. The van der Waals surface area contributed by atoms with Crippen molar-refractivity contribution in [1.82, 2.24) is 10.3 Å². The molecule has 1 N–H and O–H groups in total. The normalized spacial score (nSPS) is 30.4. The van der Waals surface area contributed by atoms with E-state index in [-0.39, 0.29) is 23.0 Å². The summed E-state index contributed by atoms with van der Waals surface area (Å²) in [6.45, 7) is 2.11. The zero-order valence-corrected chi connectivity index (χ0v) is 13.8. The molecule has 1 amide bonds. The lowest BCUT2D eigenvalue weighted by atomic mass is 9.71. The molecule has 1 fully saturated rings. The van der Waals surface area contributed by atoms with Crippen LogP contribution in [0.2, 0.25) is 5.02 Å². The second-order valence-electron chi connectivity index (χ2n) is 5.91. The lowest BCUT2D eigenvalue weighted by Gasteiger charge is -2.41. The number of hydrogen-bond donors (Lipinski definition) is 1. The molecule has 3 nitrogen and oxygen atoms in total. The van der Waals surface area contributed by atoms with Crippen molar-refractivity contribution in [3.8, 4) is 0 Å². The first kappa shape index (κ1) is 15.6. The summed E-state index contributed by atoms with van der Waals surface area (Å²) in [7, 11) is 0. The summed E-state index contributed by atoms with van der Waals surface area (Å²) in [5, 5.41) is 3.43. The summed E-state index contributed by atoms with van der Waals surface area (Å²) in [5.41, 5.74) is 1.50. The van der Waals surface area contributed by atoms with E-state index >= 15 is 0 Å². The van der Waals surface area contributed by atoms with Gasteiger partial charge in [-0.2, -0.15) is 0 Å². The van der Waals surface area contributed by atoms with Crippen molar-refractivity contribution in [2.24, 2.45) is 11.8 Å². The summed E-state index contributed by atoms with van der Waals surface area (Å²) >= 11 is 12.5. The maximum atomic E-state index is 12.3. The highest BCUT2D eigenvalue weighted by atomic mass is 35.5. The van der Waals surface area contributed by atoms with E-state index in [1.807, 2.05) is 0 Å². The van der Waals surface area contributed by atoms with E-state index in [2.05, 4.69) is 35.5 Å². The summed E-state index contributed by atoms with van der Waals surface area (Å²) in [4.78, 5) is 16.4. The Morgan fingerprint density at radius 3 is 2.91 bits per heavy atom. The minimum absolute atomic E-state index is 0.00754. The first-order chi connectivity index (χ1) is 10.6. The molecule has 2 aliphatic carbocycles. The topological polar surface area (TPSA) is 42.0 Å².